The standard InChI is InChI=1S/C27H39N3O5S/c1-7-21(3)28-27(32)22(4)29(19-23-13-9-8-12-20(23)2)26(31)16-11-17-30(36(6,33)34)24-14-10-15-25(18-24)35-5/h8-10,12-15,18,21-22H,7,11,16-17,19H2,1-6H3,(H,28,32)/t21-,22-/m0/s1. The highest BCUT2D eigenvalue weighted by atomic mass is 32.2. The van der Waals surface area contributed by atoms with Gasteiger partial charge in [0.25, 0.3) is 0 Å². The van der Waals surface area contributed by atoms with Crippen molar-refractivity contribution in [1.29, 1.82) is 0 Å². The van der Waals surface area contributed by atoms with E-state index in [0.29, 0.717) is 24.4 Å². The fraction of sp³-hybridized carbons (Fsp3) is 0.481. The largest absolute Gasteiger partial charge is 0.497 e. The lowest BCUT2D eigenvalue weighted by Gasteiger charge is -2.30. The van der Waals surface area contributed by atoms with Gasteiger partial charge < -0.3 is 15.0 Å². The van der Waals surface area contributed by atoms with Crippen molar-refractivity contribution >= 4 is 27.5 Å². The number of hydrogen-bond donors (Lipinski definition) is 1. The van der Waals surface area contributed by atoms with Gasteiger partial charge >= 0.3 is 0 Å². The maximum Gasteiger partial charge on any atom is 0.242 e. The second-order valence-corrected chi connectivity index (χ2v) is 11.0. The zero-order valence-electron chi connectivity index (χ0n) is 22.2. The molecule has 2 amide bonds. The summed E-state index contributed by atoms with van der Waals surface area (Å²) in [5.74, 6) is 0.132. The Balaban J connectivity index is 2.19. The van der Waals surface area contributed by atoms with E-state index in [-0.39, 0.29) is 30.8 Å². The Kier molecular flexibility index (Phi) is 10.8. The first-order chi connectivity index (χ1) is 17.0. The number of carbonyl (C=O) groups excluding carboxylic acids is 2. The molecule has 0 bridgehead atoms. The Morgan fingerprint density at radius 3 is 2.39 bits per heavy atom. The number of carbonyl (C=O) groups is 2. The van der Waals surface area contributed by atoms with E-state index >= 15 is 0 Å². The minimum absolute atomic E-state index is 0.00143. The van der Waals surface area contributed by atoms with Crippen molar-refractivity contribution in [3.8, 4) is 5.75 Å². The number of rotatable bonds is 13. The molecule has 36 heavy (non-hydrogen) atoms. The molecule has 0 spiro atoms. The fourth-order valence-corrected chi connectivity index (χ4v) is 4.75. The lowest BCUT2D eigenvalue weighted by atomic mass is 10.1. The number of nitrogens with one attached hydrogen (secondary N) is 1. The van der Waals surface area contributed by atoms with Crippen LogP contribution in [0.4, 0.5) is 5.69 Å². The highest BCUT2D eigenvalue weighted by molar-refractivity contribution is 7.92. The van der Waals surface area contributed by atoms with Crippen molar-refractivity contribution in [2.24, 2.45) is 0 Å². The molecule has 0 aliphatic heterocycles. The van der Waals surface area contributed by atoms with Gasteiger partial charge in [0.05, 0.1) is 19.1 Å². The smallest absolute Gasteiger partial charge is 0.242 e. The van der Waals surface area contributed by atoms with Crippen LogP contribution in [0.3, 0.4) is 0 Å². The molecule has 8 nitrogen and oxygen atoms in total. The maximum absolute atomic E-state index is 13.4. The van der Waals surface area contributed by atoms with E-state index in [1.54, 1.807) is 36.1 Å². The average molecular weight is 518 g/mol. The molecule has 9 heteroatoms. The fourth-order valence-electron chi connectivity index (χ4n) is 3.79. The summed E-state index contributed by atoms with van der Waals surface area (Å²) in [6.45, 7) is 8.04. The van der Waals surface area contributed by atoms with Crippen LogP contribution in [0.1, 0.15) is 51.2 Å². The number of benzene rings is 2. The summed E-state index contributed by atoms with van der Waals surface area (Å²) in [5, 5.41) is 2.96. The Morgan fingerprint density at radius 1 is 1.08 bits per heavy atom. The van der Waals surface area contributed by atoms with Crippen LogP contribution < -0.4 is 14.4 Å². The normalized spacial score (nSPS) is 12.9. The number of sulfonamides is 1. The monoisotopic (exact) mass is 517 g/mol. The number of methoxy groups -OCH3 is 1. The van der Waals surface area contributed by atoms with Gasteiger partial charge in [-0.1, -0.05) is 37.3 Å². The van der Waals surface area contributed by atoms with Gasteiger partial charge in [-0.05, 0) is 56.9 Å². The molecule has 0 aliphatic carbocycles. The van der Waals surface area contributed by atoms with Gasteiger partial charge in [-0.25, -0.2) is 8.42 Å². The predicted octanol–water partition coefficient (Wildman–Crippen LogP) is 3.88. The topological polar surface area (TPSA) is 96.0 Å². The van der Waals surface area contributed by atoms with E-state index < -0.39 is 16.1 Å². The van der Waals surface area contributed by atoms with Crippen molar-refractivity contribution in [3.05, 3.63) is 59.7 Å². The van der Waals surface area contributed by atoms with E-state index in [4.69, 9.17) is 4.74 Å². The molecule has 0 radical (unpaired) electrons. The highest BCUT2D eigenvalue weighted by Crippen LogP contribution is 2.24. The van der Waals surface area contributed by atoms with Gasteiger partial charge in [-0.15, -0.1) is 0 Å². The molecule has 2 aromatic carbocycles. The first-order valence-electron chi connectivity index (χ1n) is 12.2. The average Bonchev–Trinajstić information content (AvgIpc) is 2.84. The number of aryl methyl sites for hydroxylation is 1. The first kappa shape index (κ1) is 29.2. The highest BCUT2D eigenvalue weighted by Gasteiger charge is 2.27. The molecule has 2 aromatic rings. The summed E-state index contributed by atoms with van der Waals surface area (Å²) in [5.41, 5.74) is 2.47. The molecule has 2 atom stereocenters. The number of amides is 2. The van der Waals surface area contributed by atoms with Crippen molar-refractivity contribution in [2.75, 3.05) is 24.2 Å². The zero-order chi connectivity index (χ0) is 26.9. The Hall–Kier alpha value is -3.07. The van der Waals surface area contributed by atoms with E-state index in [9.17, 15) is 18.0 Å². The van der Waals surface area contributed by atoms with Crippen molar-refractivity contribution in [3.63, 3.8) is 0 Å². The molecule has 2 rings (SSSR count). The molecule has 0 heterocycles. The predicted molar refractivity (Wildman–Crippen MR) is 144 cm³/mol. The second kappa shape index (κ2) is 13.3. The Morgan fingerprint density at radius 2 is 1.78 bits per heavy atom. The van der Waals surface area contributed by atoms with Crippen LogP contribution >= 0.6 is 0 Å². The lowest BCUT2D eigenvalue weighted by molar-refractivity contribution is -0.140. The van der Waals surface area contributed by atoms with Crippen LogP contribution in [0.5, 0.6) is 5.75 Å². The Labute approximate surface area is 215 Å². The molecule has 0 unspecified atom stereocenters. The summed E-state index contributed by atoms with van der Waals surface area (Å²) >= 11 is 0. The van der Waals surface area contributed by atoms with Gasteiger partial charge in [0.15, 0.2) is 0 Å². The third-order valence-corrected chi connectivity index (χ3v) is 7.46. The zero-order valence-corrected chi connectivity index (χ0v) is 23.0. The van der Waals surface area contributed by atoms with E-state index in [2.05, 4.69) is 5.32 Å². The van der Waals surface area contributed by atoms with E-state index in [1.807, 2.05) is 45.0 Å². The minimum Gasteiger partial charge on any atom is -0.497 e. The summed E-state index contributed by atoms with van der Waals surface area (Å²) in [6.07, 6.45) is 2.33. The number of ether oxygens (including phenoxy) is 1. The van der Waals surface area contributed by atoms with Crippen LogP contribution in [0, 0.1) is 6.92 Å². The van der Waals surface area contributed by atoms with Crippen LogP contribution in [-0.4, -0.2) is 57.1 Å². The van der Waals surface area contributed by atoms with Crippen LogP contribution in [0.2, 0.25) is 0 Å². The third kappa shape index (κ3) is 8.26. The van der Waals surface area contributed by atoms with Gasteiger partial charge in [0.1, 0.15) is 11.8 Å². The molecule has 1 N–H and O–H groups in total. The number of nitrogens with zero attached hydrogens (tertiary/aromatic N) is 2. The minimum atomic E-state index is -3.57. The van der Waals surface area contributed by atoms with Gasteiger partial charge in [-0.3, -0.25) is 13.9 Å². The summed E-state index contributed by atoms with van der Waals surface area (Å²) in [4.78, 5) is 27.9. The quantitative estimate of drug-likeness (QED) is 0.435. The van der Waals surface area contributed by atoms with Gasteiger partial charge in [0, 0.05) is 31.6 Å². The lowest BCUT2D eigenvalue weighted by Crippen LogP contribution is -2.49. The Bertz CT molecular complexity index is 1140. The third-order valence-electron chi connectivity index (χ3n) is 6.26. The van der Waals surface area contributed by atoms with Crippen LogP contribution in [0.15, 0.2) is 48.5 Å². The summed E-state index contributed by atoms with van der Waals surface area (Å²) in [7, 11) is -2.05. The van der Waals surface area contributed by atoms with Crippen molar-refractivity contribution in [1.82, 2.24) is 10.2 Å². The maximum atomic E-state index is 13.4. The van der Waals surface area contributed by atoms with Crippen molar-refractivity contribution < 1.29 is 22.7 Å². The van der Waals surface area contributed by atoms with Crippen LogP contribution in [-0.2, 0) is 26.2 Å². The van der Waals surface area contributed by atoms with E-state index in [0.717, 1.165) is 23.8 Å². The number of hydrogen-bond acceptors (Lipinski definition) is 5. The molecule has 0 saturated heterocycles. The summed E-state index contributed by atoms with van der Waals surface area (Å²) < 4.78 is 31.5. The van der Waals surface area contributed by atoms with Crippen molar-refractivity contribution in [2.45, 2.75) is 65.6 Å². The van der Waals surface area contributed by atoms with Crippen LogP contribution in [0.25, 0.3) is 0 Å². The molecule has 0 fully saturated rings. The molecule has 0 saturated carbocycles. The molecule has 198 valence electrons. The number of anilines is 1. The second-order valence-electron chi connectivity index (χ2n) is 9.08. The summed E-state index contributed by atoms with van der Waals surface area (Å²) in [6, 6.07) is 13.9. The SMILES string of the molecule is CC[C@H](C)NC(=O)[C@H](C)N(Cc1ccccc1C)C(=O)CCCN(c1cccc(OC)c1)S(C)(=O)=O. The molecular formula is C27H39N3O5S. The van der Waals surface area contributed by atoms with Gasteiger partial charge in [-0.2, -0.15) is 0 Å². The van der Waals surface area contributed by atoms with E-state index in [1.165, 1.54) is 11.4 Å². The molecular weight excluding hydrogens is 478 g/mol. The molecule has 0 aliphatic rings. The molecule has 0 aromatic heterocycles. The first-order valence-corrected chi connectivity index (χ1v) is 14.1. The van der Waals surface area contributed by atoms with Gasteiger partial charge in [0.2, 0.25) is 21.8 Å².